The van der Waals surface area contributed by atoms with Gasteiger partial charge in [0.25, 0.3) is 11.7 Å². The maximum atomic E-state index is 12.7. The van der Waals surface area contributed by atoms with Crippen LogP contribution < -0.4 is 14.8 Å². The molecule has 1 aromatic rings. The summed E-state index contributed by atoms with van der Waals surface area (Å²) in [5, 5.41) is 2.74. The monoisotopic (exact) mass is 371 g/mol. The number of carbonyl (C=O) groups is 3. The van der Waals surface area contributed by atoms with E-state index in [-0.39, 0.29) is 5.84 Å². The van der Waals surface area contributed by atoms with Crippen LogP contribution in [0.3, 0.4) is 0 Å². The Kier molecular flexibility index (Phi) is 4.76. The van der Waals surface area contributed by atoms with Gasteiger partial charge in [-0.3, -0.25) is 9.59 Å². The van der Waals surface area contributed by atoms with Crippen LogP contribution in [0.5, 0.6) is 11.5 Å². The van der Waals surface area contributed by atoms with Crippen LogP contribution in [0.15, 0.2) is 35.0 Å². The molecule has 0 radical (unpaired) electrons. The highest BCUT2D eigenvalue weighted by molar-refractivity contribution is 6.16. The van der Waals surface area contributed by atoms with Crippen LogP contribution in [-0.2, 0) is 4.79 Å². The van der Waals surface area contributed by atoms with Gasteiger partial charge >= 0.3 is 11.9 Å². The highest BCUT2D eigenvalue weighted by atomic mass is 16.5. The van der Waals surface area contributed by atoms with Gasteiger partial charge in [0.05, 0.1) is 28.3 Å². The molecule has 9 heteroatoms. The molecule has 1 aromatic carbocycles. The maximum absolute atomic E-state index is 12.7. The van der Waals surface area contributed by atoms with Gasteiger partial charge in [-0.2, -0.15) is 9.48 Å². The number of nitrogens with zero attached hydrogens (tertiary/aromatic N) is 3. The number of hydrogen-bond donors (Lipinski definition) is 1. The van der Waals surface area contributed by atoms with Gasteiger partial charge in [0.2, 0.25) is 0 Å². The molecular formula is C18H19N4O5+. The van der Waals surface area contributed by atoms with Crippen LogP contribution >= 0.6 is 0 Å². The van der Waals surface area contributed by atoms with Crippen molar-refractivity contribution in [3.05, 3.63) is 35.5 Å². The van der Waals surface area contributed by atoms with Crippen molar-refractivity contribution in [2.45, 2.75) is 0 Å². The fourth-order valence-corrected chi connectivity index (χ4v) is 2.89. The second-order valence-corrected chi connectivity index (χ2v) is 5.99. The van der Waals surface area contributed by atoms with Gasteiger partial charge in [-0.1, -0.05) is 0 Å². The minimum atomic E-state index is -0.862. The minimum Gasteiger partial charge on any atom is -0.497 e. The molecule has 9 nitrogen and oxygen atoms in total. The lowest BCUT2D eigenvalue weighted by Crippen LogP contribution is -2.54. The van der Waals surface area contributed by atoms with Crippen LogP contribution in [-0.4, -0.2) is 67.7 Å². The third kappa shape index (κ3) is 3.19. The standard InChI is InChI=1S/C18H18N4O5/c1-21-15-14(17(24)22(2)18(21)25)13(5-6-19-15)20-16(23)10-7-11(26-3)9-12(8-10)27-4/h5-9,14H,1-4H3/p+1. The third-order valence-corrected chi connectivity index (χ3v) is 4.40. The van der Waals surface area contributed by atoms with Crippen molar-refractivity contribution in [3.8, 4) is 11.5 Å². The average Bonchev–Trinajstić information content (AvgIpc) is 2.69. The number of imide groups is 1. The summed E-state index contributed by atoms with van der Waals surface area (Å²) >= 11 is 0. The van der Waals surface area contributed by atoms with Gasteiger partial charge in [-0.15, -0.1) is 4.99 Å². The highest BCUT2D eigenvalue weighted by Crippen LogP contribution is 2.25. The molecule has 0 saturated heterocycles. The lowest BCUT2D eigenvalue weighted by atomic mass is 9.97. The Balaban J connectivity index is 1.93. The number of dihydropyridines is 1. The van der Waals surface area contributed by atoms with Gasteiger partial charge in [-0.25, -0.2) is 4.79 Å². The quantitative estimate of drug-likeness (QED) is 0.784. The number of fused-ring (bicyclic) bond motifs is 1. The second-order valence-electron chi connectivity index (χ2n) is 5.99. The number of rotatable bonds is 4. The molecular weight excluding hydrogens is 352 g/mol. The van der Waals surface area contributed by atoms with Gasteiger partial charge in [-0.05, 0) is 18.2 Å². The zero-order valence-electron chi connectivity index (χ0n) is 15.3. The lowest BCUT2D eigenvalue weighted by molar-refractivity contribution is -0.407. The number of urea groups is 1. The molecule has 0 spiro atoms. The molecule has 4 amide bonds. The number of nitrogens with one attached hydrogen (secondary N) is 1. The Morgan fingerprint density at radius 2 is 1.81 bits per heavy atom. The molecule has 0 saturated carbocycles. The molecule has 2 heterocycles. The van der Waals surface area contributed by atoms with Crippen molar-refractivity contribution in [1.82, 2.24) is 10.2 Å². The first-order chi connectivity index (χ1) is 12.9. The topological polar surface area (TPSA) is 100 Å². The molecule has 140 valence electrons. The van der Waals surface area contributed by atoms with Crippen molar-refractivity contribution in [2.24, 2.45) is 10.9 Å². The smallest absolute Gasteiger partial charge is 0.445 e. The number of aliphatic imine (C=N–C) groups is 1. The summed E-state index contributed by atoms with van der Waals surface area (Å²) < 4.78 is 11.6. The van der Waals surface area contributed by atoms with Gasteiger partial charge in [0.1, 0.15) is 17.7 Å². The molecule has 0 fully saturated rings. The number of amides is 4. The van der Waals surface area contributed by atoms with E-state index >= 15 is 0 Å². The van der Waals surface area contributed by atoms with Crippen LogP contribution in [0.25, 0.3) is 0 Å². The van der Waals surface area contributed by atoms with Crippen LogP contribution in [0.1, 0.15) is 10.4 Å². The predicted octanol–water partition coefficient (Wildman–Crippen LogP) is 0.651. The molecule has 0 aromatic heterocycles. The van der Waals surface area contributed by atoms with E-state index in [1.807, 2.05) is 0 Å². The molecule has 2 aliphatic rings. The lowest BCUT2D eigenvalue weighted by Gasteiger charge is -2.26. The van der Waals surface area contributed by atoms with Crippen molar-refractivity contribution in [2.75, 3.05) is 28.3 Å². The fraction of sp³-hybridized carbons (Fsp3) is 0.278. The second kappa shape index (κ2) is 7.02. The largest absolute Gasteiger partial charge is 0.497 e. The predicted molar refractivity (Wildman–Crippen MR) is 96.4 cm³/mol. The molecule has 1 N–H and O–H groups in total. The van der Waals surface area contributed by atoms with Crippen molar-refractivity contribution >= 4 is 29.9 Å². The summed E-state index contributed by atoms with van der Waals surface area (Å²) in [6.07, 6.45) is 2.98. The summed E-state index contributed by atoms with van der Waals surface area (Å²) in [5.41, 5.74) is 0.639. The van der Waals surface area contributed by atoms with Crippen LogP contribution in [0.4, 0.5) is 4.79 Å². The molecule has 3 rings (SSSR count). The van der Waals surface area contributed by atoms with E-state index in [1.165, 1.54) is 39.1 Å². The summed E-state index contributed by atoms with van der Waals surface area (Å²) in [4.78, 5) is 42.6. The van der Waals surface area contributed by atoms with E-state index in [9.17, 15) is 14.4 Å². The number of ether oxygens (including phenoxy) is 2. The summed E-state index contributed by atoms with van der Waals surface area (Å²) in [7, 11) is 5.90. The zero-order chi connectivity index (χ0) is 19.7. The van der Waals surface area contributed by atoms with Crippen molar-refractivity contribution in [3.63, 3.8) is 0 Å². The first-order valence-corrected chi connectivity index (χ1v) is 8.08. The van der Waals surface area contributed by atoms with E-state index < -0.39 is 23.8 Å². The van der Waals surface area contributed by atoms with E-state index in [4.69, 9.17) is 9.47 Å². The first kappa shape index (κ1) is 18.3. The molecule has 0 bridgehead atoms. The molecule has 0 aliphatic carbocycles. The Bertz CT molecular complexity index is 909. The van der Waals surface area contributed by atoms with E-state index in [0.29, 0.717) is 22.8 Å². The number of carbonyl (C=O) groups excluding carboxylic acids is 3. The molecule has 1 atom stereocenters. The summed E-state index contributed by atoms with van der Waals surface area (Å²) in [6.45, 7) is 0. The van der Waals surface area contributed by atoms with E-state index in [0.717, 1.165) is 4.90 Å². The van der Waals surface area contributed by atoms with Crippen LogP contribution in [0.2, 0.25) is 0 Å². The van der Waals surface area contributed by atoms with Crippen molar-refractivity contribution < 1.29 is 28.4 Å². The molecule has 2 aliphatic heterocycles. The van der Waals surface area contributed by atoms with E-state index in [1.54, 1.807) is 24.3 Å². The number of methoxy groups -OCH3 is 2. The summed E-state index contributed by atoms with van der Waals surface area (Å²) in [6, 6.07) is 4.29. The van der Waals surface area contributed by atoms with Gasteiger partial charge < -0.3 is 14.8 Å². The number of hydrogen-bond acceptors (Lipinski definition) is 6. The Labute approximate surface area is 155 Å². The number of allylic oxidation sites excluding steroid dienone is 1. The Morgan fingerprint density at radius 1 is 1.19 bits per heavy atom. The van der Waals surface area contributed by atoms with Crippen molar-refractivity contribution in [1.29, 1.82) is 0 Å². The first-order valence-electron chi connectivity index (χ1n) is 8.08. The number of amidine groups is 1. The average molecular weight is 371 g/mol. The van der Waals surface area contributed by atoms with Crippen LogP contribution in [0, 0.1) is 5.92 Å². The minimum absolute atomic E-state index is 0.268. The Morgan fingerprint density at radius 3 is 2.41 bits per heavy atom. The number of benzene rings is 1. The molecule has 27 heavy (non-hydrogen) atoms. The Hall–Kier alpha value is -3.49. The SMILES string of the molecule is COc1cc(OC)cc(C(=O)NC2=CC=NC3=[N+](C)C(=O)N(C)C(=O)C23)c1. The fourth-order valence-electron chi connectivity index (χ4n) is 2.89. The zero-order valence-corrected chi connectivity index (χ0v) is 15.3. The normalized spacial score (nSPS) is 18.9. The maximum Gasteiger partial charge on any atom is 0.445 e. The summed E-state index contributed by atoms with van der Waals surface area (Å²) in [5.74, 6) is -0.569. The van der Waals surface area contributed by atoms with Gasteiger partial charge in [0, 0.05) is 17.3 Å². The van der Waals surface area contributed by atoms with Gasteiger partial charge in [0.15, 0.2) is 5.92 Å². The highest BCUT2D eigenvalue weighted by Gasteiger charge is 2.47. The third-order valence-electron chi connectivity index (χ3n) is 4.40. The molecule has 1 unspecified atom stereocenters. The van der Waals surface area contributed by atoms with E-state index in [2.05, 4.69) is 10.3 Å².